The van der Waals surface area contributed by atoms with Gasteiger partial charge in [-0.15, -0.1) is 0 Å². The van der Waals surface area contributed by atoms with Crippen molar-refractivity contribution in [2.24, 2.45) is 0 Å². The van der Waals surface area contributed by atoms with Crippen LogP contribution in [0.25, 0.3) is 0 Å². The van der Waals surface area contributed by atoms with Crippen LogP contribution < -0.4 is 0 Å². The Morgan fingerprint density at radius 1 is 1.06 bits per heavy atom. The molecule has 2 rings (SSSR count). The van der Waals surface area contributed by atoms with E-state index in [0.29, 0.717) is 10.6 Å². The fourth-order valence-electron chi connectivity index (χ4n) is 1.64. The second kappa shape index (κ2) is 5.59. The SMILES string of the molecule is Cc1ccc(C)c(Sc2ccc(Cl)cc2C=O)c1. The Hall–Kier alpha value is -1.25. The molecule has 0 aliphatic carbocycles. The lowest BCUT2D eigenvalue weighted by Crippen LogP contribution is -1.87. The van der Waals surface area contributed by atoms with E-state index in [1.165, 1.54) is 16.0 Å². The van der Waals surface area contributed by atoms with Gasteiger partial charge in [0.1, 0.15) is 0 Å². The molecule has 2 aromatic carbocycles. The van der Waals surface area contributed by atoms with Crippen molar-refractivity contribution in [3.8, 4) is 0 Å². The largest absolute Gasteiger partial charge is 0.298 e. The van der Waals surface area contributed by atoms with E-state index >= 15 is 0 Å². The van der Waals surface area contributed by atoms with Gasteiger partial charge < -0.3 is 0 Å². The summed E-state index contributed by atoms with van der Waals surface area (Å²) in [5, 5.41) is 0.586. The molecule has 0 saturated heterocycles. The highest BCUT2D eigenvalue weighted by Gasteiger charge is 2.07. The highest BCUT2D eigenvalue weighted by molar-refractivity contribution is 7.99. The lowest BCUT2D eigenvalue weighted by Gasteiger charge is -2.08. The molecule has 0 radical (unpaired) electrons. The minimum atomic E-state index is 0.586. The molecule has 1 nitrogen and oxygen atoms in total. The molecular weight excluding hydrogens is 264 g/mol. The number of carbonyl (C=O) groups is 1. The highest BCUT2D eigenvalue weighted by Crippen LogP contribution is 2.33. The zero-order valence-corrected chi connectivity index (χ0v) is 11.8. The minimum absolute atomic E-state index is 0.586. The van der Waals surface area contributed by atoms with Crippen LogP contribution in [0.1, 0.15) is 21.5 Å². The summed E-state index contributed by atoms with van der Waals surface area (Å²) in [4.78, 5) is 13.2. The Balaban J connectivity index is 2.39. The van der Waals surface area contributed by atoms with Crippen LogP contribution in [0.4, 0.5) is 0 Å². The van der Waals surface area contributed by atoms with E-state index < -0.39 is 0 Å². The van der Waals surface area contributed by atoms with Crippen LogP contribution in [0.3, 0.4) is 0 Å². The van der Waals surface area contributed by atoms with E-state index in [1.807, 2.05) is 12.1 Å². The molecule has 0 unspecified atom stereocenters. The van der Waals surface area contributed by atoms with Crippen LogP contribution in [0, 0.1) is 13.8 Å². The number of aldehydes is 1. The number of hydrogen-bond donors (Lipinski definition) is 0. The van der Waals surface area contributed by atoms with Crippen molar-refractivity contribution in [1.82, 2.24) is 0 Å². The van der Waals surface area contributed by atoms with Crippen molar-refractivity contribution < 1.29 is 4.79 Å². The first-order valence-electron chi connectivity index (χ1n) is 5.60. The van der Waals surface area contributed by atoms with E-state index in [-0.39, 0.29) is 0 Å². The van der Waals surface area contributed by atoms with Crippen LogP contribution in [-0.2, 0) is 0 Å². The average molecular weight is 277 g/mol. The molecule has 0 atom stereocenters. The monoisotopic (exact) mass is 276 g/mol. The molecule has 0 aromatic heterocycles. The van der Waals surface area contributed by atoms with Crippen molar-refractivity contribution >= 4 is 29.6 Å². The minimum Gasteiger partial charge on any atom is -0.298 e. The third kappa shape index (κ3) is 2.95. The average Bonchev–Trinajstić information content (AvgIpc) is 2.36. The van der Waals surface area contributed by atoms with Crippen molar-refractivity contribution in [3.63, 3.8) is 0 Å². The van der Waals surface area contributed by atoms with Crippen LogP contribution in [0.5, 0.6) is 0 Å². The second-order valence-corrected chi connectivity index (χ2v) is 5.69. The van der Waals surface area contributed by atoms with E-state index in [0.717, 1.165) is 11.2 Å². The van der Waals surface area contributed by atoms with E-state index in [4.69, 9.17) is 11.6 Å². The summed E-state index contributed by atoms with van der Waals surface area (Å²) in [7, 11) is 0. The predicted octanol–water partition coefficient (Wildman–Crippen LogP) is 4.92. The Kier molecular flexibility index (Phi) is 4.10. The van der Waals surface area contributed by atoms with Gasteiger partial charge in [0.15, 0.2) is 6.29 Å². The summed E-state index contributed by atoms with van der Waals surface area (Å²) < 4.78 is 0. The van der Waals surface area contributed by atoms with E-state index in [9.17, 15) is 4.79 Å². The summed E-state index contributed by atoms with van der Waals surface area (Å²) in [6.45, 7) is 4.13. The van der Waals surface area contributed by atoms with E-state index in [2.05, 4.69) is 32.0 Å². The molecule has 0 spiro atoms. The molecule has 0 N–H and O–H groups in total. The van der Waals surface area contributed by atoms with Crippen molar-refractivity contribution in [2.75, 3.05) is 0 Å². The van der Waals surface area contributed by atoms with Gasteiger partial charge >= 0.3 is 0 Å². The van der Waals surface area contributed by atoms with Gasteiger partial charge in [0.05, 0.1) is 0 Å². The molecule has 92 valence electrons. The second-order valence-electron chi connectivity index (χ2n) is 4.17. The molecule has 0 heterocycles. The van der Waals surface area contributed by atoms with Gasteiger partial charge in [0.25, 0.3) is 0 Å². The maximum Gasteiger partial charge on any atom is 0.151 e. The predicted molar refractivity (Wildman–Crippen MR) is 76.9 cm³/mol. The molecule has 0 amide bonds. The van der Waals surface area contributed by atoms with Crippen molar-refractivity contribution in [2.45, 2.75) is 23.6 Å². The quantitative estimate of drug-likeness (QED) is 0.740. The fraction of sp³-hybridized carbons (Fsp3) is 0.133. The Bertz CT molecular complexity index is 593. The van der Waals surface area contributed by atoms with Gasteiger partial charge in [-0.2, -0.15) is 0 Å². The van der Waals surface area contributed by atoms with Gasteiger partial charge in [-0.3, -0.25) is 4.79 Å². The molecule has 0 aliphatic rings. The first-order valence-corrected chi connectivity index (χ1v) is 6.79. The Morgan fingerprint density at radius 2 is 1.83 bits per heavy atom. The summed E-state index contributed by atoms with van der Waals surface area (Å²) in [6, 6.07) is 11.7. The zero-order chi connectivity index (χ0) is 13.1. The number of hydrogen-bond acceptors (Lipinski definition) is 2. The molecule has 0 bridgehead atoms. The number of halogens is 1. The number of carbonyl (C=O) groups excluding carboxylic acids is 1. The van der Waals surface area contributed by atoms with Crippen molar-refractivity contribution in [1.29, 1.82) is 0 Å². The Morgan fingerprint density at radius 3 is 2.56 bits per heavy atom. The Labute approximate surface area is 116 Å². The smallest absolute Gasteiger partial charge is 0.151 e. The third-order valence-electron chi connectivity index (χ3n) is 2.66. The van der Waals surface area contributed by atoms with Gasteiger partial charge in [-0.25, -0.2) is 0 Å². The van der Waals surface area contributed by atoms with Crippen LogP contribution in [0.15, 0.2) is 46.2 Å². The van der Waals surface area contributed by atoms with Crippen LogP contribution >= 0.6 is 23.4 Å². The van der Waals surface area contributed by atoms with Crippen molar-refractivity contribution in [3.05, 3.63) is 58.1 Å². The summed E-state index contributed by atoms with van der Waals surface area (Å²) in [5.74, 6) is 0. The first-order chi connectivity index (χ1) is 8.60. The van der Waals surface area contributed by atoms with Gasteiger partial charge in [0.2, 0.25) is 0 Å². The van der Waals surface area contributed by atoms with Crippen LogP contribution in [-0.4, -0.2) is 6.29 Å². The fourth-order valence-corrected chi connectivity index (χ4v) is 2.89. The van der Waals surface area contributed by atoms with E-state index in [1.54, 1.807) is 17.8 Å². The number of aryl methyl sites for hydroxylation is 2. The summed E-state index contributed by atoms with van der Waals surface area (Å²) >= 11 is 7.49. The summed E-state index contributed by atoms with van der Waals surface area (Å²) in [6.07, 6.45) is 0.847. The maximum atomic E-state index is 11.0. The maximum absolute atomic E-state index is 11.0. The molecule has 3 heteroatoms. The molecule has 0 fully saturated rings. The van der Waals surface area contributed by atoms with Gasteiger partial charge in [-0.05, 0) is 49.2 Å². The molecule has 0 saturated carbocycles. The topological polar surface area (TPSA) is 17.1 Å². The lowest BCUT2D eigenvalue weighted by atomic mass is 10.2. The van der Waals surface area contributed by atoms with Gasteiger partial charge in [-0.1, -0.05) is 35.5 Å². The third-order valence-corrected chi connectivity index (χ3v) is 4.15. The molecule has 0 aliphatic heterocycles. The standard InChI is InChI=1S/C15H13ClOS/c1-10-3-4-11(2)15(7-10)18-14-6-5-13(16)8-12(14)9-17/h3-9H,1-2H3. The number of rotatable bonds is 3. The normalized spacial score (nSPS) is 10.4. The molecule has 2 aromatic rings. The molecular formula is C15H13ClOS. The van der Waals surface area contributed by atoms with Crippen LogP contribution in [0.2, 0.25) is 5.02 Å². The summed E-state index contributed by atoms with van der Waals surface area (Å²) in [5.41, 5.74) is 3.05. The highest BCUT2D eigenvalue weighted by atomic mass is 35.5. The molecule has 18 heavy (non-hydrogen) atoms. The zero-order valence-electron chi connectivity index (χ0n) is 10.2. The lowest BCUT2D eigenvalue weighted by molar-refractivity contribution is 0.112. The van der Waals surface area contributed by atoms with Gasteiger partial charge in [0, 0.05) is 20.4 Å². The number of benzene rings is 2. The first kappa shape index (κ1) is 13.2.